The number of hydrogen-bond acceptors (Lipinski definition) is 4. The van der Waals surface area contributed by atoms with E-state index in [1.54, 1.807) is 12.3 Å². The van der Waals surface area contributed by atoms with E-state index >= 15 is 0 Å². The Kier molecular flexibility index (Phi) is 3.37. The van der Waals surface area contributed by atoms with Crippen LogP contribution in [0, 0.1) is 0 Å². The van der Waals surface area contributed by atoms with Crippen LogP contribution in [0.5, 0.6) is 5.75 Å². The van der Waals surface area contributed by atoms with Gasteiger partial charge in [0.2, 0.25) is 0 Å². The van der Waals surface area contributed by atoms with Crippen molar-refractivity contribution in [2.24, 2.45) is 0 Å². The van der Waals surface area contributed by atoms with Crippen LogP contribution in [0.2, 0.25) is 0 Å². The van der Waals surface area contributed by atoms with Gasteiger partial charge in [-0.25, -0.2) is 0 Å². The van der Waals surface area contributed by atoms with Gasteiger partial charge in [0, 0.05) is 24.7 Å². The molecular weight excluding hydrogens is 252 g/mol. The maximum Gasteiger partial charge on any atom is 0.308 e. The number of aryl methyl sites for hydroxylation is 1. The van der Waals surface area contributed by atoms with Gasteiger partial charge in [-0.1, -0.05) is 12.1 Å². The Balaban J connectivity index is 1.87. The number of rotatable bonds is 2. The van der Waals surface area contributed by atoms with E-state index in [0.29, 0.717) is 5.75 Å². The Morgan fingerprint density at radius 2 is 2.20 bits per heavy atom. The van der Waals surface area contributed by atoms with Crippen LogP contribution in [0.25, 0.3) is 11.3 Å². The number of aromatic nitrogens is 1. The lowest BCUT2D eigenvalue weighted by atomic mass is 10.00. The second-order valence-corrected chi connectivity index (χ2v) is 4.88. The molecule has 2 heterocycles. The molecule has 0 saturated heterocycles. The van der Waals surface area contributed by atoms with Crippen molar-refractivity contribution in [2.75, 3.05) is 11.9 Å². The van der Waals surface area contributed by atoms with Gasteiger partial charge in [0.25, 0.3) is 0 Å². The van der Waals surface area contributed by atoms with Crippen LogP contribution in [-0.2, 0) is 11.2 Å². The highest BCUT2D eigenvalue weighted by molar-refractivity contribution is 5.70. The van der Waals surface area contributed by atoms with E-state index in [-0.39, 0.29) is 5.97 Å². The highest BCUT2D eigenvalue weighted by Crippen LogP contribution is 2.28. The molecule has 1 aromatic heterocycles. The fourth-order valence-corrected chi connectivity index (χ4v) is 2.40. The molecule has 1 N–H and O–H groups in total. The van der Waals surface area contributed by atoms with Gasteiger partial charge in [-0.15, -0.1) is 0 Å². The molecule has 0 radical (unpaired) electrons. The largest absolute Gasteiger partial charge is 0.425 e. The molecule has 20 heavy (non-hydrogen) atoms. The maximum atomic E-state index is 10.9. The smallest absolute Gasteiger partial charge is 0.308 e. The van der Waals surface area contributed by atoms with E-state index in [1.165, 1.54) is 24.6 Å². The van der Waals surface area contributed by atoms with E-state index in [0.717, 1.165) is 24.2 Å². The van der Waals surface area contributed by atoms with Crippen molar-refractivity contribution >= 4 is 11.7 Å². The van der Waals surface area contributed by atoms with E-state index in [9.17, 15) is 4.79 Å². The average Bonchev–Trinajstić information content (AvgIpc) is 2.47. The topological polar surface area (TPSA) is 51.2 Å². The molecule has 2 aromatic rings. The second kappa shape index (κ2) is 5.33. The van der Waals surface area contributed by atoms with E-state index < -0.39 is 0 Å². The third kappa shape index (κ3) is 2.64. The average molecular weight is 268 g/mol. The number of carbonyl (C=O) groups excluding carboxylic acids is 1. The third-order valence-corrected chi connectivity index (χ3v) is 3.34. The zero-order chi connectivity index (χ0) is 13.9. The summed E-state index contributed by atoms with van der Waals surface area (Å²) >= 11 is 0. The van der Waals surface area contributed by atoms with Crippen LogP contribution in [0.1, 0.15) is 18.9 Å². The van der Waals surface area contributed by atoms with Crippen LogP contribution in [-0.4, -0.2) is 17.5 Å². The quantitative estimate of drug-likeness (QED) is 0.851. The van der Waals surface area contributed by atoms with Crippen LogP contribution >= 0.6 is 0 Å². The molecule has 0 aliphatic carbocycles. The lowest BCUT2D eigenvalue weighted by molar-refractivity contribution is -0.131. The van der Waals surface area contributed by atoms with Crippen LogP contribution < -0.4 is 10.1 Å². The van der Waals surface area contributed by atoms with Crippen LogP contribution in [0.3, 0.4) is 0 Å². The first-order valence-electron chi connectivity index (χ1n) is 6.74. The van der Waals surface area contributed by atoms with Crippen LogP contribution in [0.4, 0.5) is 5.69 Å². The summed E-state index contributed by atoms with van der Waals surface area (Å²) in [5, 5.41) is 3.41. The number of esters is 1. The minimum absolute atomic E-state index is 0.336. The summed E-state index contributed by atoms with van der Waals surface area (Å²) in [6.45, 7) is 2.40. The van der Waals surface area contributed by atoms with E-state index in [1.807, 2.05) is 6.07 Å². The zero-order valence-corrected chi connectivity index (χ0v) is 11.3. The highest BCUT2D eigenvalue weighted by Gasteiger charge is 2.10. The Bertz CT molecular complexity index is 635. The number of nitrogens with zero attached hydrogens (tertiary/aromatic N) is 1. The molecule has 0 atom stereocenters. The molecule has 4 nitrogen and oxygen atoms in total. The molecular formula is C16H16N2O2. The summed E-state index contributed by atoms with van der Waals surface area (Å²) in [6.07, 6.45) is 3.88. The number of pyridine rings is 1. The number of fused-ring (bicyclic) bond motifs is 1. The van der Waals surface area contributed by atoms with Crippen LogP contribution in [0.15, 0.2) is 36.5 Å². The summed E-state index contributed by atoms with van der Waals surface area (Å²) in [5.74, 6) is 0.134. The molecule has 0 amide bonds. The number of ether oxygens (including phenoxy) is 1. The monoisotopic (exact) mass is 268 g/mol. The van der Waals surface area contributed by atoms with Crippen molar-refractivity contribution in [3.8, 4) is 17.0 Å². The van der Waals surface area contributed by atoms with Crippen molar-refractivity contribution in [2.45, 2.75) is 19.8 Å². The van der Waals surface area contributed by atoms with Crippen molar-refractivity contribution in [3.63, 3.8) is 0 Å². The summed E-state index contributed by atoms with van der Waals surface area (Å²) < 4.78 is 4.98. The minimum atomic E-state index is -0.336. The standard InChI is InChI=1S/C16H16N2O2/c1-11(19)20-14-6-7-15(18-10-14)13-5-4-12-3-2-8-17-16(12)9-13/h4-7,9-10,17H,2-3,8H2,1H3. The Morgan fingerprint density at radius 1 is 1.30 bits per heavy atom. The number of benzene rings is 1. The lowest BCUT2D eigenvalue weighted by Crippen LogP contribution is -2.11. The highest BCUT2D eigenvalue weighted by atomic mass is 16.5. The van der Waals surface area contributed by atoms with Gasteiger partial charge in [0.15, 0.2) is 0 Å². The molecule has 3 rings (SSSR count). The van der Waals surface area contributed by atoms with Gasteiger partial charge in [-0.05, 0) is 36.6 Å². The van der Waals surface area contributed by atoms with Gasteiger partial charge in [0.05, 0.1) is 11.9 Å². The van der Waals surface area contributed by atoms with Crippen molar-refractivity contribution < 1.29 is 9.53 Å². The van der Waals surface area contributed by atoms with E-state index in [4.69, 9.17) is 4.74 Å². The molecule has 1 aromatic carbocycles. The number of carbonyl (C=O) groups is 1. The molecule has 0 saturated carbocycles. The number of anilines is 1. The molecule has 0 unspecified atom stereocenters. The van der Waals surface area contributed by atoms with Gasteiger partial charge in [-0.3, -0.25) is 9.78 Å². The summed E-state index contributed by atoms with van der Waals surface area (Å²) in [5.41, 5.74) is 4.49. The van der Waals surface area contributed by atoms with Gasteiger partial charge in [0.1, 0.15) is 5.75 Å². The van der Waals surface area contributed by atoms with Crippen molar-refractivity contribution in [3.05, 3.63) is 42.1 Å². The van der Waals surface area contributed by atoms with Crippen molar-refractivity contribution in [1.82, 2.24) is 4.98 Å². The SMILES string of the molecule is CC(=O)Oc1ccc(-c2ccc3c(c2)NCCC3)nc1. The Hall–Kier alpha value is -2.36. The predicted octanol–water partition coefficient (Wildman–Crippen LogP) is 3.03. The fourth-order valence-electron chi connectivity index (χ4n) is 2.40. The molecule has 0 bridgehead atoms. The molecule has 102 valence electrons. The Morgan fingerprint density at radius 3 is 2.95 bits per heavy atom. The third-order valence-electron chi connectivity index (χ3n) is 3.34. The molecule has 0 spiro atoms. The van der Waals surface area contributed by atoms with E-state index in [2.05, 4.69) is 28.5 Å². The molecule has 1 aliphatic heterocycles. The van der Waals surface area contributed by atoms with Gasteiger partial charge < -0.3 is 10.1 Å². The normalized spacial score (nSPS) is 13.2. The molecule has 1 aliphatic rings. The van der Waals surface area contributed by atoms with Crippen molar-refractivity contribution in [1.29, 1.82) is 0 Å². The Labute approximate surface area is 117 Å². The van der Waals surface area contributed by atoms with Gasteiger partial charge >= 0.3 is 5.97 Å². The summed E-state index contributed by atoms with van der Waals surface area (Å²) in [7, 11) is 0. The molecule has 0 fully saturated rings. The first-order chi connectivity index (χ1) is 9.72. The summed E-state index contributed by atoms with van der Waals surface area (Å²) in [4.78, 5) is 15.2. The fraction of sp³-hybridized carbons (Fsp3) is 0.250. The lowest BCUT2D eigenvalue weighted by Gasteiger charge is -2.18. The number of hydrogen-bond donors (Lipinski definition) is 1. The first kappa shape index (κ1) is 12.7. The first-order valence-corrected chi connectivity index (χ1v) is 6.74. The molecule has 4 heteroatoms. The summed E-state index contributed by atoms with van der Waals surface area (Å²) in [6, 6.07) is 9.99. The predicted molar refractivity (Wildman–Crippen MR) is 77.8 cm³/mol. The number of nitrogens with one attached hydrogen (secondary N) is 1. The maximum absolute atomic E-state index is 10.9. The van der Waals surface area contributed by atoms with Gasteiger partial charge in [-0.2, -0.15) is 0 Å². The minimum Gasteiger partial charge on any atom is -0.425 e. The second-order valence-electron chi connectivity index (χ2n) is 4.88. The zero-order valence-electron chi connectivity index (χ0n) is 11.3.